The molecular formula is C17H15N3O4S2. The first-order valence-electron chi connectivity index (χ1n) is 7.72. The molecule has 0 aliphatic carbocycles. The minimum absolute atomic E-state index is 0.110. The smallest absolute Gasteiger partial charge is 0.284 e. The topological polar surface area (TPSA) is 98.3 Å². The second-order valence-electron chi connectivity index (χ2n) is 5.38. The highest BCUT2D eigenvalue weighted by Gasteiger charge is 2.19. The molecule has 1 aromatic carbocycles. The number of nitro groups is 1. The Morgan fingerprint density at radius 1 is 1.42 bits per heavy atom. The number of nitrogens with zero attached hydrogens (tertiary/aromatic N) is 2. The van der Waals surface area contributed by atoms with E-state index in [0.717, 1.165) is 15.8 Å². The molecule has 0 saturated carbocycles. The fourth-order valence-corrected chi connectivity index (χ4v) is 4.10. The number of hydrogen-bond donors (Lipinski definition) is 1. The van der Waals surface area contributed by atoms with Crippen molar-refractivity contribution in [2.24, 2.45) is 0 Å². The van der Waals surface area contributed by atoms with Gasteiger partial charge in [-0.3, -0.25) is 14.9 Å². The Hall–Kier alpha value is -2.65. The van der Waals surface area contributed by atoms with Crippen molar-refractivity contribution < 1.29 is 14.1 Å². The molecule has 0 spiro atoms. The van der Waals surface area contributed by atoms with E-state index in [-0.39, 0.29) is 17.2 Å². The molecule has 1 amide bonds. The van der Waals surface area contributed by atoms with Gasteiger partial charge in [0.2, 0.25) is 0 Å². The maximum atomic E-state index is 12.2. The highest BCUT2D eigenvalue weighted by molar-refractivity contribution is 8.01. The number of amides is 1. The number of hydrogen-bond acceptors (Lipinski definition) is 7. The summed E-state index contributed by atoms with van der Waals surface area (Å²) in [5, 5.41) is 16.0. The van der Waals surface area contributed by atoms with Gasteiger partial charge in [0.1, 0.15) is 5.76 Å². The highest BCUT2D eigenvalue weighted by atomic mass is 32.2. The maximum absolute atomic E-state index is 12.2. The molecule has 0 fully saturated rings. The molecule has 3 rings (SSSR count). The molecule has 0 bridgehead atoms. The molecule has 0 aliphatic rings. The SMILES string of the molecule is Cc1csc(Sc2ccc(C(=O)NCCc3ccco3)cc2[N+](=O)[O-])n1. The van der Waals surface area contributed by atoms with Crippen LogP contribution in [0, 0.1) is 17.0 Å². The summed E-state index contributed by atoms with van der Waals surface area (Å²) < 4.78 is 5.92. The molecule has 0 unspecified atom stereocenters. The molecule has 134 valence electrons. The summed E-state index contributed by atoms with van der Waals surface area (Å²) in [6, 6.07) is 8.06. The minimum atomic E-state index is -0.484. The molecule has 2 heterocycles. The summed E-state index contributed by atoms with van der Waals surface area (Å²) >= 11 is 2.65. The van der Waals surface area contributed by atoms with Crippen molar-refractivity contribution in [1.82, 2.24) is 10.3 Å². The standard InChI is InChI=1S/C17H15N3O4S2/c1-11-10-25-17(19-11)26-15-5-4-12(9-14(15)20(22)23)16(21)18-7-6-13-3-2-8-24-13/h2-5,8-10H,6-7H2,1H3,(H,18,21). The zero-order chi connectivity index (χ0) is 18.5. The van der Waals surface area contributed by atoms with E-state index in [2.05, 4.69) is 10.3 Å². The van der Waals surface area contributed by atoms with E-state index in [0.29, 0.717) is 17.9 Å². The van der Waals surface area contributed by atoms with Gasteiger partial charge in [0.25, 0.3) is 11.6 Å². The fourth-order valence-electron chi connectivity index (χ4n) is 2.22. The molecule has 0 radical (unpaired) electrons. The number of nitro benzene ring substituents is 1. The fraction of sp³-hybridized carbons (Fsp3) is 0.176. The van der Waals surface area contributed by atoms with E-state index in [1.807, 2.05) is 18.4 Å². The number of carbonyl (C=O) groups excluding carboxylic acids is 1. The van der Waals surface area contributed by atoms with Crippen LogP contribution in [0.3, 0.4) is 0 Å². The van der Waals surface area contributed by atoms with Gasteiger partial charge >= 0.3 is 0 Å². The number of benzene rings is 1. The number of carbonyl (C=O) groups is 1. The average molecular weight is 389 g/mol. The lowest BCUT2D eigenvalue weighted by Gasteiger charge is -2.06. The Bertz CT molecular complexity index is 922. The van der Waals surface area contributed by atoms with Crippen molar-refractivity contribution in [3.8, 4) is 0 Å². The summed E-state index contributed by atoms with van der Waals surface area (Å²) in [5.74, 6) is 0.406. The molecule has 7 nitrogen and oxygen atoms in total. The van der Waals surface area contributed by atoms with Gasteiger partial charge in [-0.25, -0.2) is 4.98 Å². The average Bonchev–Trinajstić information content (AvgIpc) is 3.26. The lowest BCUT2D eigenvalue weighted by atomic mass is 10.2. The Kier molecular flexibility index (Phi) is 5.69. The number of aromatic nitrogens is 1. The van der Waals surface area contributed by atoms with E-state index in [1.54, 1.807) is 24.5 Å². The zero-order valence-corrected chi connectivity index (χ0v) is 15.4. The van der Waals surface area contributed by atoms with E-state index in [9.17, 15) is 14.9 Å². The molecule has 1 N–H and O–H groups in total. The quantitative estimate of drug-likeness (QED) is 0.483. The highest BCUT2D eigenvalue weighted by Crippen LogP contribution is 2.36. The van der Waals surface area contributed by atoms with Crippen LogP contribution in [0.1, 0.15) is 21.8 Å². The van der Waals surface area contributed by atoms with Gasteiger partial charge in [-0.05, 0) is 31.2 Å². The predicted octanol–water partition coefficient (Wildman–Crippen LogP) is 4.08. The van der Waals surface area contributed by atoms with Crippen molar-refractivity contribution in [3.63, 3.8) is 0 Å². The first kappa shape index (κ1) is 18.2. The molecule has 26 heavy (non-hydrogen) atoms. The van der Waals surface area contributed by atoms with Crippen molar-refractivity contribution >= 4 is 34.7 Å². The summed E-state index contributed by atoms with van der Waals surface area (Å²) in [5.41, 5.74) is 1.00. The molecule has 0 saturated heterocycles. The maximum Gasteiger partial charge on any atom is 0.284 e. The second kappa shape index (κ2) is 8.15. The van der Waals surface area contributed by atoms with Crippen LogP contribution in [0.5, 0.6) is 0 Å². The zero-order valence-electron chi connectivity index (χ0n) is 13.8. The number of aryl methyl sites for hydroxylation is 1. The molecule has 0 aliphatic heterocycles. The van der Waals surface area contributed by atoms with Crippen LogP contribution in [-0.2, 0) is 6.42 Å². The first-order chi connectivity index (χ1) is 12.5. The molecule has 3 aromatic rings. The van der Waals surface area contributed by atoms with Gasteiger partial charge in [-0.1, -0.05) is 11.8 Å². The van der Waals surface area contributed by atoms with Crippen LogP contribution in [0.4, 0.5) is 5.69 Å². The number of furan rings is 1. The third-order valence-electron chi connectivity index (χ3n) is 3.45. The van der Waals surface area contributed by atoms with E-state index < -0.39 is 4.92 Å². The van der Waals surface area contributed by atoms with Gasteiger partial charge < -0.3 is 9.73 Å². The van der Waals surface area contributed by atoms with Crippen molar-refractivity contribution in [1.29, 1.82) is 0 Å². The van der Waals surface area contributed by atoms with Crippen LogP contribution >= 0.6 is 23.1 Å². The summed E-state index contributed by atoms with van der Waals surface area (Å²) in [7, 11) is 0. The monoisotopic (exact) mass is 389 g/mol. The van der Waals surface area contributed by atoms with Gasteiger partial charge in [-0.15, -0.1) is 11.3 Å². The Morgan fingerprint density at radius 3 is 2.92 bits per heavy atom. The molecule has 0 atom stereocenters. The molecule has 9 heteroatoms. The van der Waals surface area contributed by atoms with E-state index in [4.69, 9.17) is 4.42 Å². The van der Waals surface area contributed by atoms with Gasteiger partial charge in [0.15, 0.2) is 4.34 Å². The molecular weight excluding hydrogens is 374 g/mol. The van der Waals surface area contributed by atoms with Gasteiger partial charge in [0, 0.05) is 35.7 Å². The Morgan fingerprint density at radius 2 is 2.27 bits per heavy atom. The van der Waals surface area contributed by atoms with Crippen LogP contribution in [0.15, 0.2) is 55.6 Å². The van der Waals surface area contributed by atoms with Crippen LogP contribution in [0.25, 0.3) is 0 Å². The third-order valence-corrected chi connectivity index (χ3v) is 5.57. The normalized spacial score (nSPS) is 10.7. The van der Waals surface area contributed by atoms with Crippen molar-refractivity contribution in [2.75, 3.05) is 6.54 Å². The van der Waals surface area contributed by atoms with Crippen LogP contribution < -0.4 is 5.32 Å². The summed E-state index contributed by atoms with van der Waals surface area (Å²) in [4.78, 5) is 27.9. The second-order valence-corrected chi connectivity index (χ2v) is 7.53. The van der Waals surface area contributed by atoms with Crippen molar-refractivity contribution in [3.05, 3.63) is 69.1 Å². The number of rotatable bonds is 7. The first-order valence-corrected chi connectivity index (χ1v) is 9.41. The largest absolute Gasteiger partial charge is 0.469 e. The van der Waals surface area contributed by atoms with Gasteiger partial charge in [0.05, 0.1) is 16.1 Å². The predicted molar refractivity (Wildman–Crippen MR) is 98.8 cm³/mol. The Balaban J connectivity index is 1.70. The number of nitrogens with one attached hydrogen (secondary N) is 1. The molecule has 2 aromatic heterocycles. The lowest BCUT2D eigenvalue weighted by Crippen LogP contribution is -2.25. The number of thiazole rings is 1. The third kappa shape index (κ3) is 4.50. The van der Waals surface area contributed by atoms with Crippen LogP contribution in [-0.4, -0.2) is 22.4 Å². The lowest BCUT2D eigenvalue weighted by molar-refractivity contribution is -0.387. The summed E-state index contributed by atoms with van der Waals surface area (Å²) in [6.45, 7) is 2.25. The summed E-state index contributed by atoms with van der Waals surface area (Å²) in [6.07, 6.45) is 2.12. The van der Waals surface area contributed by atoms with E-state index in [1.165, 1.54) is 29.2 Å². The van der Waals surface area contributed by atoms with Crippen LogP contribution in [0.2, 0.25) is 0 Å². The van der Waals surface area contributed by atoms with E-state index >= 15 is 0 Å². The van der Waals surface area contributed by atoms with Crippen molar-refractivity contribution in [2.45, 2.75) is 22.6 Å². The Labute approximate surface area is 157 Å². The van der Waals surface area contributed by atoms with Gasteiger partial charge in [-0.2, -0.15) is 0 Å². The minimum Gasteiger partial charge on any atom is -0.469 e.